The van der Waals surface area contributed by atoms with Crippen LogP contribution in [0.3, 0.4) is 0 Å². The third-order valence-electron chi connectivity index (χ3n) is 4.99. The highest BCUT2D eigenvalue weighted by atomic mass is 19.4. The number of rotatable bonds is 5. The van der Waals surface area contributed by atoms with E-state index in [1.807, 2.05) is 0 Å². The van der Waals surface area contributed by atoms with Crippen molar-refractivity contribution in [3.63, 3.8) is 0 Å². The van der Waals surface area contributed by atoms with E-state index >= 15 is 0 Å². The van der Waals surface area contributed by atoms with Gasteiger partial charge in [0.05, 0.1) is 5.69 Å². The van der Waals surface area contributed by atoms with Gasteiger partial charge in [-0.05, 0) is 0 Å². The van der Waals surface area contributed by atoms with Crippen LogP contribution in [0.25, 0.3) is 11.5 Å². The van der Waals surface area contributed by atoms with Crippen LogP contribution in [0, 0.1) is 5.82 Å². The molecule has 174 valence electrons. The molecule has 4 rings (SSSR count). The maximum Gasteiger partial charge on any atom is 0.435 e. The maximum atomic E-state index is 14.0. The van der Waals surface area contributed by atoms with Gasteiger partial charge in [0.2, 0.25) is 11.9 Å². The van der Waals surface area contributed by atoms with Crippen molar-refractivity contribution in [2.24, 2.45) is 0 Å². The Labute approximate surface area is 174 Å². The van der Waals surface area contributed by atoms with Gasteiger partial charge in [-0.25, -0.2) is 26.9 Å². The van der Waals surface area contributed by atoms with E-state index in [1.54, 1.807) is 0 Å². The second-order valence-corrected chi connectivity index (χ2v) is 7.77. The number of pyridine rings is 1. The highest BCUT2D eigenvalue weighted by Gasteiger charge is 2.47. The zero-order valence-corrected chi connectivity index (χ0v) is 16.0. The number of hydrogen-bond donors (Lipinski definition) is 3. The monoisotopic (exact) mass is 469 g/mol. The number of nitrogen functional groups attached to an aromatic ring is 1. The average Bonchev–Trinajstić information content (AvgIpc) is 2.59. The van der Waals surface area contributed by atoms with E-state index in [2.05, 4.69) is 30.6 Å². The molecule has 0 radical (unpaired) electrons. The quantitative estimate of drug-likeness (QED) is 0.567. The Kier molecular flexibility index (Phi) is 5.04. The third kappa shape index (κ3) is 4.60. The van der Waals surface area contributed by atoms with Crippen molar-refractivity contribution >= 4 is 17.6 Å². The van der Waals surface area contributed by atoms with Gasteiger partial charge < -0.3 is 16.4 Å². The molecule has 0 atom stereocenters. The van der Waals surface area contributed by atoms with E-state index in [-0.39, 0.29) is 11.9 Å². The summed E-state index contributed by atoms with van der Waals surface area (Å²) in [6.45, 7) is 0. The summed E-state index contributed by atoms with van der Waals surface area (Å²) in [5, 5.41) is 5.16. The lowest BCUT2D eigenvalue weighted by atomic mass is 9.88. The molecule has 0 saturated heterocycles. The van der Waals surface area contributed by atoms with E-state index < -0.39 is 84.5 Å². The van der Waals surface area contributed by atoms with Gasteiger partial charge in [0, 0.05) is 43.8 Å². The molecule has 2 aromatic rings. The van der Waals surface area contributed by atoms with E-state index in [0.717, 1.165) is 0 Å². The molecule has 2 heterocycles. The highest BCUT2D eigenvalue weighted by molar-refractivity contribution is 5.59. The fraction of sp³-hybridized carbons (Fsp3) is 0.529. The van der Waals surface area contributed by atoms with Gasteiger partial charge in [-0.2, -0.15) is 28.1 Å². The van der Waals surface area contributed by atoms with Crippen LogP contribution in [0.15, 0.2) is 6.07 Å². The molecule has 0 bridgehead atoms. The number of aromatic nitrogens is 4. The molecule has 0 unspecified atom stereocenters. The Hall–Kier alpha value is -3.00. The van der Waals surface area contributed by atoms with Crippen LogP contribution in [0.2, 0.25) is 0 Å². The van der Waals surface area contributed by atoms with Crippen LogP contribution < -0.4 is 16.4 Å². The summed E-state index contributed by atoms with van der Waals surface area (Å²) in [4.78, 5) is 14.9. The van der Waals surface area contributed by atoms with Gasteiger partial charge in [-0.3, -0.25) is 0 Å². The molecule has 2 aliphatic rings. The number of nitrogens with two attached hydrogens (primary N) is 1. The summed E-state index contributed by atoms with van der Waals surface area (Å²) in [5.41, 5.74) is 1.55. The van der Waals surface area contributed by atoms with Gasteiger partial charge in [0.1, 0.15) is 5.69 Å². The minimum atomic E-state index is -5.08. The van der Waals surface area contributed by atoms with Crippen molar-refractivity contribution in [2.45, 2.75) is 55.8 Å². The predicted octanol–water partition coefficient (Wildman–Crippen LogP) is 4.09. The molecule has 2 saturated carbocycles. The summed E-state index contributed by atoms with van der Waals surface area (Å²) < 4.78 is 106. The van der Waals surface area contributed by atoms with Crippen molar-refractivity contribution in [3.8, 4) is 11.5 Å². The largest absolute Gasteiger partial charge is 0.435 e. The zero-order valence-electron chi connectivity index (χ0n) is 16.0. The zero-order chi connectivity index (χ0) is 23.5. The molecule has 2 aliphatic carbocycles. The summed E-state index contributed by atoms with van der Waals surface area (Å²) in [6, 6.07) is -0.895. The number of halogens is 8. The summed E-state index contributed by atoms with van der Waals surface area (Å²) >= 11 is 0. The molecule has 0 aromatic carbocycles. The lowest BCUT2D eigenvalue weighted by Crippen LogP contribution is -2.45. The number of hydrogen-bond acceptors (Lipinski definition) is 7. The molecule has 2 aromatic heterocycles. The first kappa shape index (κ1) is 22.2. The normalized spacial score (nSPS) is 20.4. The Morgan fingerprint density at radius 1 is 0.844 bits per heavy atom. The van der Waals surface area contributed by atoms with Crippen LogP contribution in [-0.2, 0) is 6.18 Å². The van der Waals surface area contributed by atoms with E-state index in [1.165, 1.54) is 0 Å². The minimum absolute atomic E-state index is 0.309. The number of nitrogens with zero attached hydrogens (tertiary/aromatic N) is 4. The van der Waals surface area contributed by atoms with Crippen LogP contribution in [0.4, 0.5) is 52.7 Å². The predicted molar refractivity (Wildman–Crippen MR) is 95.6 cm³/mol. The number of alkyl halides is 7. The average molecular weight is 469 g/mol. The van der Waals surface area contributed by atoms with Crippen molar-refractivity contribution in [1.29, 1.82) is 0 Å². The fourth-order valence-electron chi connectivity index (χ4n) is 3.37. The Bertz CT molecular complexity index is 982. The first-order chi connectivity index (χ1) is 14.7. The molecular weight excluding hydrogens is 454 g/mol. The van der Waals surface area contributed by atoms with Crippen molar-refractivity contribution in [1.82, 2.24) is 19.9 Å². The van der Waals surface area contributed by atoms with Gasteiger partial charge in [-0.15, -0.1) is 0 Å². The molecule has 7 nitrogen and oxygen atoms in total. The second-order valence-electron chi connectivity index (χ2n) is 7.77. The van der Waals surface area contributed by atoms with Crippen molar-refractivity contribution in [2.75, 3.05) is 16.4 Å². The summed E-state index contributed by atoms with van der Waals surface area (Å²) in [6.07, 6.45) is -7.19. The molecule has 0 spiro atoms. The molecule has 15 heteroatoms. The van der Waals surface area contributed by atoms with Gasteiger partial charge >= 0.3 is 6.18 Å². The summed E-state index contributed by atoms with van der Waals surface area (Å²) in [5.74, 6) is -8.34. The molecule has 0 aliphatic heterocycles. The molecular formula is C17H15F8N7. The van der Waals surface area contributed by atoms with Gasteiger partial charge in [-0.1, -0.05) is 0 Å². The summed E-state index contributed by atoms with van der Waals surface area (Å²) in [7, 11) is 0. The smallest absolute Gasteiger partial charge is 0.395 e. The second kappa shape index (κ2) is 7.27. The van der Waals surface area contributed by atoms with Crippen LogP contribution in [0.1, 0.15) is 31.4 Å². The minimum Gasteiger partial charge on any atom is -0.395 e. The Morgan fingerprint density at radius 2 is 1.31 bits per heavy atom. The third-order valence-corrected chi connectivity index (χ3v) is 4.99. The Balaban J connectivity index is 1.68. The molecule has 0 amide bonds. The fourth-order valence-corrected chi connectivity index (χ4v) is 3.37. The van der Waals surface area contributed by atoms with Crippen LogP contribution in [0.5, 0.6) is 0 Å². The van der Waals surface area contributed by atoms with Gasteiger partial charge in [0.15, 0.2) is 17.3 Å². The lowest BCUT2D eigenvalue weighted by Gasteiger charge is -2.36. The molecule has 32 heavy (non-hydrogen) atoms. The van der Waals surface area contributed by atoms with Gasteiger partial charge in [0.25, 0.3) is 11.8 Å². The van der Waals surface area contributed by atoms with E-state index in [9.17, 15) is 35.1 Å². The lowest BCUT2D eigenvalue weighted by molar-refractivity contribution is -0.140. The number of anilines is 3. The van der Waals surface area contributed by atoms with Crippen LogP contribution in [-0.4, -0.2) is 43.9 Å². The van der Waals surface area contributed by atoms with E-state index in [4.69, 9.17) is 5.73 Å². The standard InChI is InChI=1S/C17H15F8N7/c18-8-1-9(29-11(10(8)26)17(23,24)25)12-30-13(27-6-2-15(19,20)3-6)32-14(31-12)28-7-4-16(21,22)5-7/h1,6-7H,2-5,26H2,(H2,27,28,30,31,32). The van der Waals surface area contributed by atoms with Crippen LogP contribution >= 0.6 is 0 Å². The Morgan fingerprint density at radius 3 is 1.72 bits per heavy atom. The molecule has 4 N–H and O–H groups in total. The number of nitrogens with one attached hydrogen (secondary N) is 2. The van der Waals surface area contributed by atoms with Crippen molar-refractivity contribution in [3.05, 3.63) is 17.6 Å². The topological polar surface area (TPSA) is 102 Å². The van der Waals surface area contributed by atoms with Crippen molar-refractivity contribution < 1.29 is 35.1 Å². The van der Waals surface area contributed by atoms with E-state index in [0.29, 0.717) is 6.07 Å². The highest BCUT2D eigenvalue weighted by Crippen LogP contribution is 2.40. The SMILES string of the molecule is Nc1c(F)cc(-c2nc(NC3CC(F)(F)C3)nc(NC3CC(F)(F)C3)n2)nc1C(F)(F)F. The maximum absolute atomic E-state index is 14.0. The first-order valence-electron chi connectivity index (χ1n) is 9.29. The molecule has 2 fully saturated rings. The first-order valence-corrected chi connectivity index (χ1v) is 9.29.